The predicted molar refractivity (Wildman–Crippen MR) is 111 cm³/mol. The Balaban J connectivity index is 1.82. The SMILES string of the molecule is O=C(O)c1cccc(NC(c2ccccc2)c2ccc3ccccc3c2O)c1. The summed E-state index contributed by atoms with van der Waals surface area (Å²) in [5.41, 5.74) is 2.57. The molecule has 0 heterocycles. The van der Waals surface area contributed by atoms with E-state index in [-0.39, 0.29) is 17.4 Å². The van der Waals surface area contributed by atoms with Gasteiger partial charge in [0.25, 0.3) is 0 Å². The molecule has 1 atom stereocenters. The first-order valence-corrected chi connectivity index (χ1v) is 8.99. The van der Waals surface area contributed by atoms with E-state index in [1.165, 1.54) is 0 Å². The van der Waals surface area contributed by atoms with Crippen LogP contribution in [0.3, 0.4) is 0 Å². The van der Waals surface area contributed by atoms with Crippen LogP contribution in [0.25, 0.3) is 10.8 Å². The summed E-state index contributed by atoms with van der Waals surface area (Å²) in [5, 5.41) is 25.4. The van der Waals surface area contributed by atoms with Crippen molar-refractivity contribution in [2.45, 2.75) is 6.04 Å². The van der Waals surface area contributed by atoms with Crippen molar-refractivity contribution in [3.8, 4) is 5.75 Å². The summed E-state index contributed by atoms with van der Waals surface area (Å²) in [6, 6.07) is 27.7. The molecule has 0 saturated heterocycles. The third kappa shape index (κ3) is 3.40. The molecule has 0 aliphatic carbocycles. The minimum atomic E-state index is -0.978. The number of aromatic carboxylic acids is 1. The van der Waals surface area contributed by atoms with Gasteiger partial charge in [0.15, 0.2) is 0 Å². The molecule has 4 aromatic rings. The van der Waals surface area contributed by atoms with Gasteiger partial charge in [-0.2, -0.15) is 0 Å². The summed E-state index contributed by atoms with van der Waals surface area (Å²) in [6.07, 6.45) is 0. The van der Waals surface area contributed by atoms with Crippen LogP contribution >= 0.6 is 0 Å². The van der Waals surface area contributed by atoms with E-state index in [1.807, 2.05) is 72.8 Å². The zero-order chi connectivity index (χ0) is 19.5. The lowest BCUT2D eigenvalue weighted by Crippen LogP contribution is -2.13. The number of rotatable bonds is 5. The van der Waals surface area contributed by atoms with Gasteiger partial charge in [-0.25, -0.2) is 4.79 Å². The average Bonchev–Trinajstić information content (AvgIpc) is 2.74. The zero-order valence-corrected chi connectivity index (χ0v) is 15.0. The van der Waals surface area contributed by atoms with Gasteiger partial charge >= 0.3 is 5.97 Å². The van der Waals surface area contributed by atoms with Crippen LogP contribution in [0.1, 0.15) is 27.5 Å². The first kappa shape index (κ1) is 17.6. The van der Waals surface area contributed by atoms with E-state index in [1.54, 1.807) is 18.2 Å². The number of benzene rings is 4. The molecule has 138 valence electrons. The number of nitrogens with one attached hydrogen (secondary N) is 1. The highest BCUT2D eigenvalue weighted by atomic mass is 16.4. The maximum absolute atomic E-state index is 11.3. The van der Waals surface area contributed by atoms with Gasteiger partial charge in [0.2, 0.25) is 0 Å². The van der Waals surface area contributed by atoms with Gasteiger partial charge in [-0.15, -0.1) is 0 Å². The lowest BCUT2D eigenvalue weighted by atomic mass is 9.94. The second kappa shape index (κ2) is 7.45. The number of phenols is 1. The second-order valence-electron chi connectivity index (χ2n) is 6.60. The molecule has 28 heavy (non-hydrogen) atoms. The average molecular weight is 369 g/mol. The number of phenolic OH excluding ortho intramolecular Hbond substituents is 1. The lowest BCUT2D eigenvalue weighted by Gasteiger charge is -2.23. The maximum atomic E-state index is 11.3. The Morgan fingerprint density at radius 3 is 2.36 bits per heavy atom. The highest BCUT2D eigenvalue weighted by molar-refractivity contribution is 5.90. The molecule has 0 bridgehead atoms. The molecule has 0 aromatic heterocycles. The number of hydrogen-bond donors (Lipinski definition) is 3. The standard InChI is InChI=1S/C24H19NO3/c26-23-20-12-5-4-7-16(20)13-14-21(23)22(17-8-2-1-3-9-17)25-19-11-6-10-18(15-19)24(27)28/h1-15,22,25-26H,(H,27,28). The number of anilines is 1. The molecular formula is C24H19NO3. The van der Waals surface area contributed by atoms with Gasteiger partial charge in [0.1, 0.15) is 5.75 Å². The molecule has 0 amide bonds. The van der Waals surface area contributed by atoms with E-state index < -0.39 is 5.97 Å². The van der Waals surface area contributed by atoms with Crippen molar-refractivity contribution in [2.75, 3.05) is 5.32 Å². The minimum absolute atomic E-state index is 0.208. The van der Waals surface area contributed by atoms with Crippen LogP contribution in [0.15, 0.2) is 91.0 Å². The number of carbonyl (C=O) groups is 1. The molecule has 0 spiro atoms. The van der Waals surface area contributed by atoms with Crippen molar-refractivity contribution in [2.24, 2.45) is 0 Å². The van der Waals surface area contributed by atoms with Gasteiger partial charge < -0.3 is 15.5 Å². The molecule has 0 radical (unpaired) electrons. The van der Waals surface area contributed by atoms with Gasteiger partial charge in [0.05, 0.1) is 11.6 Å². The van der Waals surface area contributed by atoms with Crippen molar-refractivity contribution in [3.63, 3.8) is 0 Å². The summed E-state index contributed by atoms with van der Waals surface area (Å²) < 4.78 is 0. The predicted octanol–water partition coefficient (Wildman–Crippen LogP) is 5.45. The van der Waals surface area contributed by atoms with Crippen LogP contribution in [-0.2, 0) is 0 Å². The normalized spacial score (nSPS) is 11.9. The Labute approximate surface area is 162 Å². The van der Waals surface area contributed by atoms with E-state index in [0.29, 0.717) is 5.69 Å². The van der Waals surface area contributed by atoms with Crippen molar-refractivity contribution < 1.29 is 15.0 Å². The monoisotopic (exact) mass is 369 g/mol. The third-order valence-corrected chi connectivity index (χ3v) is 4.80. The molecule has 0 aliphatic heterocycles. The fraction of sp³-hybridized carbons (Fsp3) is 0.0417. The highest BCUT2D eigenvalue weighted by Crippen LogP contribution is 2.37. The number of carboxylic acid groups (broad SMARTS) is 1. The molecular weight excluding hydrogens is 350 g/mol. The van der Waals surface area contributed by atoms with E-state index in [9.17, 15) is 15.0 Å². The Hall–Kier alpha value is -3.79. The van der Waals surface area contributed by atoms with E-state index in [2.05, 4.69) is 5.32 Å². The molecule has 4 rings (SSSR count). The molecule has 0 fully saturated rings. The molecule has 4 heteroatoms. The largest absolute Gasteiger partial charge is 0.507 e. The van der Waals surface area contributed by atoms with E-state index >= 15 is 0 Å². The van der Waals surface area contributed by atoms with Gasteiger partial charge in [0, 0.05) is 16.6 Å². The van der Waals surface area contributed by atoms with E-state index in [4.69, 9.17) is 0 Å². The molecule has 4 aromatic carbocycles. The smallest absolute Gasteiger partial charge is 0.335 e. The minimum Gasteiger partial charge on any atom is -0.507 e. The summed E-state index contributed by atoms with van der Waals surface area (Å²) in [5.74, 6) is -0.762. The van der Waals surface area contributed by atoms with Crippen molar-refractivity contribution in [3.05, 3.63) is 108 Å². The van der Waals surface area contributed by atoms with Crippen LogP contribution in [-0.4, -0.2) is 16.2 Å². The van der Waals surface area contributed by atoms with Gasteiger partial charge in [-0.1, -0.05) is 72.8 Å². The lowest BCUT2D eigenvalue weighted by molar-refractivity contribution is 0.0697. The second-order valence-corrected chi connectivity index (χ2v) is 6.60. The van der Waals surface area contributed by atoms with Crippen molar-refractivity contribution in [1.82, 2.24) is 0 Å². The third-order valence-electron chi connectivity index (χ3n) is 4.80. The molecule has 3 N–H and O–H groups in total. The maximum Gasteiger partial charge on any atom is 0.335 e. The van der Waals surface area contributed by atoms with Crippen LogP contribution in [0, 0.1) is 0 Å². The van der Waals surface area contributed by atoms with E-state index in [0.717, 1.165) is 21.9 Å². The molecule has 4 nitrogen and oxygen atoms in total. The zero-order valence-electron chi connectivity index (χ0n) is 15.0. The summed E-state index contributed by atoms with van der Waals surface area (Å²) >= 11 is 0. The Morgan fingerprint density at radius 1 is 0.821 bits per heavy atom. The van der Waals surface area contributed by atoms with Gasteiger partial charge in [-0.3, -0.25) is 0 Å². The van der Waals surface area contributed by atoms with Crippen LogP contribution in [0.4, 0.5) is 5.69 Å². The number of aromatic hydroxyl groups is 1. The molecule has 0 saturated carbocycles. The highest BCUT2D eigenvalue weighted by Gasteiger charge is 2.19. The first-order chi connectivity index (χ1) is 13.6. The quantitative estimate of drug-likeness (QED) is 0.438. The Bertz CT molecular complexity index is 1140. The van der Waals surface area contributed by atoms with Crippen molar-refractivity contribution in [1.29, 1.82) is 0 Å². The fourth-order valence-electron chi connectivity index (χ4n) is 3.40. The fourth-order valence-corrected chi connectivity index (χ4v) is 3.40. The molecule has 0 aliphatic rings. The summed E-state index contributed by atoms with van der Waals surface area (Å²) in [4.78, 5) is 11.3. The number of carboxylic acids is 1. The van der Waals surface area contributed by atoms with Crippen molar-refractivity contribution >= 4 is 22.4 Å². The molecule has 1 unspecified atom stereocenters. The number of hydrogen-bond acceptors (Lipinski definition) is 3. The summed E-state index contributed by atoms with van der Waals surface area (Å²) in [7, 11) is 0. The Kier molecular flexibility index (Phi) is 4.68. The Morgan fingerprint density at radius 2 is 1.57 bits per heavy atom. The summed E-state index contributed by atoms with van der Waals surface area (Å²) in [6.45, 7) is 0. The van der Waals surface area contributed by atoms with Crippen LogP contribution in [0.5, 0.6) is 5.75 Å². The van der Waals surface area contributed by atoms with Gasteiger partial charge in [-0.05, 0) is 29.1 Å². The number of fused-ring (bicyclic) bond motifs is 1. The first-order valence-electron chi connectivity index (χ1n) is 8.99. The van der Waals surface area contributed by atoms with Crippen LogP contribution in [0.2, 0.25) is 0 Å². The topological polar surface area (TPSA) is 69.6 Å². The van der Waals surface area contributed by atoms with Crippen LogP contribution < -0.4 is 5.32 Å².